The quantitative estimate of drug-likeness (QED) is 0.626. The topological polar surface area (TPSA) is 71.6 Å². The monoisotopic (exact) mass is 447 g/mol. The molecule has 2 aliphatic rings. The van der Waals surface area contributed by atoms with Crippen molar-refractivity contribution < 1.29 is 14.3 Å². The minimum atomic E-state index is -0.954. The molecule has 1 fully saturated rings. The number of halogens is 1. The van der Waals surface area contributed by atoms with Gasteiger partial charge in [-0.15, -0.1) is 0 Å². The zero-order chi connectivity index (χ0) is 19.2. The molecule has 0 spiro atoms. The van der Waals surface area contributed by atoms with E-state index in [1.807, 2.05) is 25.1 Å². The van der Waals surface area contributed by atoms with Crippen LogP contribution in [0.1, 0.15) is 18.5 Å². The van der Waals surface area contributed by atoms with Crippen LogP contribution in [0.3, 0.4) is 0 Å². The molecular weight excluding hydrogens is 430 g/mol. The van der Waals surface area contributed by atoms with Crippen LogP contribution in [0.4, 0.5) is 5.69 Å². The second-order valence-electron chi connectivity index (χ2n) is 6.66. The van der Waals surface area contributed by atoms with E-state index in [0.717, 1.165) is 21.5 Å². The van der Waals surface area contributed by atoms with Gasteiger partial charge in [0.25, 0.3) is 0 Å². The Hall–Kier alpha value is -2.32. The van der Waals surface area contributed by atoms with Gasteiger partial charge in [0.05, 0.1) is 13.2 Å². The highest BCUT2D eigenvalue weighted by Gasteiger charge is 2.54. The lowest BCUT2D eigenvalue weighted by molar-refractivity contribution is -0.132. The molecule has 1 saturated heterocycles. The largest absolute Gasteiger partial charge is 0.497 e. The number of methoxy groups -OCH3 is 1. The number of carbonyl (C=O) groups is 1. The first-order valence-electron chi connectivity index (χ1n) is 8.42. The second-order valence-corrected chi connectivity index (χ2v) is 7.99. The Morgan fingerprint density at radius 1 is 1.30 bits per heavy atom. The molecule has 0 radical (unpaired) electrons. The average molecular weight is 448 g/mol. The summed E-state index contributed by atoms with van der Waals surface area (Å²) >= 11 is 8.82. The van der Waals surface area contributed by atoms with Gasteiger partial charge in [0, 0.05) is 15.7 Å². The SMILES string of the molecule is COc1ccc(NC(=O)[C@@H]2[C@@H]3NC(=S)N[C@@]2(C)Oc2ccc(Br)cc23)cc1. The summed E-state index contributed by atoms with van der Waals surface area (Å²) in [6.45, 7) is 1.84. The maximum Gasteiger partial charge on any atom is 0.236 e. The molecule has 140 valence electrons. The Kier molecular flexibility index (Phi) is 4.47. The van der Waals surface area contributed by atoms with E-state index in [2.05, 4.69) is 31.9 Å². The van der Waals surface area contributed by atoms with Crippen LogP contribution in [-0.4, -0.2) is 23.9 Å². The van der Waals surface area contributed by atoms with Gasteiger partial charge < -0.3 is 25.4 Å². The van der Waals surface area contributed by atoms with Crippen molar-refractivity contribution in [3.8, 4) is 11.5 Å². The first kappa shape index (κ1) is 18.1. The summed E-state index contributed by atoms with van der Waals surface area (Å²) in [5.74, 6) is 0.751. The molecule has 1 amide bonds. The van der Waals surface area contributed by atoms with Crippen molar-refractivity contribution in [2.75, 3.05) is 12.4 Å². The standard InChI is InChI=1S/C19H18BrN3O3S/c1-19-15(17(24)21-11-4-6-12(25-2)7-5-11)16(22-18(27)23-19)13-9-10(20)3-8-14(13)26-19/h3-9,15-16H,1-2H3,(H,21,24)(H2,22,23,27)/t15-,16+,19-/m0/s1. The van der Waals surface area contributed by atoms with Crippen LogP contribution < -0.4 is 25.4 Å². The Morgan fingerprint density at radius 3 is 2.74 bits per heavy atom. The molecule has 4 rings (SSSR count). The highest BCUT2D eigenvalue weighted by atomic mass is 79.9. The predicted octanol–water partition coefficient (Wildman–Crippen LogP) is 3.34. The molecule has 3 N–H and O–H groups in total. The fourth-order valence-electron chi connectivity index (χ4n) is 3.61. The normalized spacial score (nSPS) is 25.4. The number of thiocarbonyl (C=S) groups is 1. The van der Waals surface area contributed by atoms with Crippen molar-refractivity contribution in [3.05, 3.63) is 52.5 Å². The lowest BCUT2D eigenvalue weighted by Gasteiger charge is -2.50. The number of amides is 1. The van der Waals surface area contributed by atoms with Crippen molar-refractivity contribution in [2.45, 2.75) is 18.7 Å². The van der Waals surface area contributed by atoms with Gasteiger partial charge in [0.2, 0.25) is 5.91 Å². The third-order valence-corrected chi connectivity index (χ3v) is 5.56. The number of anilines is 1. The average Bonchev–Trinajstić information content (AvgIpc) is 2.62. The van der Waals surface area contributed by atoms with Crippen LogP contribution in [0.15, 0.2) is 46.9 Å². The van der Waals surface area contributed by atoms with E-state index in [0.29, 0.717) is 10.8 Å². The number of hydrogen-bond acceptors (Lipinski definition) is 4. The Balaban J connectivity index is 1.68. The van der Waals surface area contributed by atoms with E-state index in [4.69, 9.17) is 21.7 Å². The number of fused-ring (bicyclic) bond motifs is 4. The van der Waals surface area contributed by atoms with Crippen LogP contribution in [0.2, 0.25) is 0 Å². The third-order valence-electron chi connectivity index (χ3n) is 4.84. The molecule has 2 aliphatic heterocycles. The zero-order valence-electron chi connectivity index (χ0n) is 14.7. The summed E-state index contributed by atoms with van der Waals surface area (Å²) in [6, 6.07) is 12.6. The van der Waals surface area contributed by atoms with Crippen LogP contribution in [-0.2, 0) is 4.79 Å². The van der Waals surface area contributed by atoms with Crippen molar-refractivity contribution in [2.24, 2.45) is 5.92 Å². The van der Waals surface area contributed by atoms with Crippen molar-refractivity contribution in [1.82, 2.24) is 10.6 Å². The third kappa shape index (κ3) is 3.23. The maximum absolute atomic E-state index is 13.2. The Bertz CT molecular complexity index is 921. The van der Waals surface area contributed by atoms with Crippen molar-refractivity contribution >= 4 is 44.9 Å². The number of nitrogens with one attached hydrogen (secondary N) is 3. The molecule has 2 aromatic carbocycles. The van der Waals surface area contributed by atoms with E-state index >= 15 is 0 Å². The van der Waals surface area contributed by atoms with Gasteiger partial charge in [0.1, 0.15) is 17.4 Å². The highest BCUT2D eigenvalue weighted by molar-refractivity contribution is 9.10. The summed E-state index contributed by atoms with van der Waals surface area (Å²) in [7, 11) is 1.60. The minimum Gasteiger partial charge on any atom is -0.497 e. The number of hydrogen-bond donors (Lipinski definition) is 3. The fraction of sp³-hybridized carbons (Fsp3) is 0.263. The number of benzene rings is 2. The van der Waals surface area contributed by atoms with Crippen molar-refractivity contribution in [3.63, 3.8) is 0 Å². The predicted molar refractivity (Wildman–Crippen MR) is 110 cm³/mol. The molecule has 2 heterocycles. The van der Waals surface area contributed by atoms with E-state index in [1.54, 1.807) is 31.4 Å². The molecule has 3 atom stereocenters. The van der Waals surface area contributed by atoms with Gasteiger partial charge in [-0.25, -0.2) is 0 Å². The molecule has 27 heavy (non-hydrogen) atoms. The first-order valence-corrected chi connectivity index (χ1v) is 9.62. The number of carbonyl (C=O) groups excluding carboxylic acids is 1. The van der Waals surface area contributed by atoms with Gasteiger partial charge in [0.15, 0.2) is 10.8 Å². The van der Waals surface area contributed by atoms with Gasteiger partial charge in [-0.2, -0.15) is 0 Å². The summed E-state index contributed by atoms with van der Waals surface area (Å²) in [4.78, 5) is 13.2. The Morgan fingerprint density at radius 2 is 2.04 bits per heavy atom. The fourth-order valence-corrected chi connectivity index (χ4v) is 4.32. The van der Waals surface area contributed by atoms with Crippen LogP contribution >= 0.6 is 28.1 Å². The van der Waals surface area contributed by atoms with E-state index in [9.17, 15) is 4.79 Å². The van der Waals surface area contributed by atoms with Gasteiger partial charge in [-0.1, -0.05) is 15.9 Å². The highest BCUT2D eigenvalue weighted by Crippen LogP contribution is 2.45. The summed E-state index contributed by atoms with van der Waals surface area (Å²) in [6.07, 6.45) is 0. The molecule has 0 aromatic heterocycles. The van der Waals surface area contributed by atoms with E-state index in [1.165, 1.54) is 0 Å². The minimum absolute atomic E-state index is 0.166. The molecule has 2 aromatic rings. The van der Waals surface area contributed by atoms with Crippen LogP contribution in [0.25, 0.3) is 0 Å². The van der Waals surface area contributed by atoms with E-state index < -0.39 is 11.6 Å². The molecule has 0 aliphatic carbocycles. The smallest absolute Gasteiger partial charge is 0.236 e. The maximum atomic E-state index is 13.2. The van der Waals surface area contributed by atoms with Crippen LogP contribution in [0.5, 0.6) is 11.5 Å². The van der Waals surface area contributed by atoms with E-state index in [-0.39, 0.29) is 11.9 Å². The molecule has 8 heteroatoms. The summed E-state index contributed by atoms with van der Waals surface area (Å²) < 4.78 is 12.3. The molecule has 6 nitrogen and oxygen atoms in total. The lowest BCUT2D eigenvalue weighted by Crippen LogP contribution is -2.70. The molecule has 0 saturated carbocycles. The number of ether oxygens (including phenoxy) is 2. The van der Waals surface area contributed by atoms with Gasteiger partial charge in [-0.05, 0) is 61.6 Å². The zero-order valence-corrected chi connectivity index (χ0v) is 17.1. The molecule has 0 unspecified atom stereocenters. The molecule has 2 bridgehead atoms. The Labute approximate surface area is 170 Å². The summed E-state index contributed by atoms with van der Waals surface area (Å²) in [5.41, 5.74) is 0.621. The van der Waals surface area contributed by atoms with Crippen LogP contribution in [0, 0.1) is 5.92 Å². The number of rotatable bonds is 3. The second kappa shape index (κ2) is 6.69. The molecular formula is C19H18BrN3O3S. The summed E-state index contributed by atoms with van der Waals surface area (Å²) in [5, 5.41) is 9.78. The van der Waals surface area contributed by atoms with Gasteiger partial charge >= 0.3 is 0 Å². The van der Waals surface area contributed by atoms with Crippen molar-refractivity contribution in [1.29, 1.82) is 0 Å². The lowest BCUT2D eigenvalue weighted by atomic mass is 9.80. The first-order chi connectivity index (χ1) is 12.9. The van der Waals surface area contributed by atoms with Gasteiger partial charge in [-0.3, -0.25) is 4.79 Å².